The number of thiophene rings is 1. The Bertz CT molecular complexity index is 831. The Balaban J connectivity index is 1.77. The van der Waals surface area contributed by atoms with Crippen LogP contribution in [0.5, 0.6) is 0 Å². The highest BCUT2D eigenvalue weighted by atomic mass is 32.1. The van der Waals surface area contributed by atoms with Crippen molar-refractivity contribution in [2.75, 3.05) is 37.7 Å². The fraction of sp³-hybridized carbons (Fsp3) is 0.611. The highest BCUT2D eigenvalue weighted by Crippen LogP contribution is 2.37. The summed E-state index contributed by atoms with van der Waals surface area (Å²) >= 11 is 1.70. The van der Waals surface area contributed by atoms with Crippen LogP contribution in [0.25, 0.3) is 10.2 Å². The number of primary amides is 1. The Hall–Kier alpha value is -1.77. The highest BCUT2D eigenvalue weighted by molar-refractivity contribution is 7.18. The molecule has 4 heterocycles. The predicted octanol–water partition coefficient (Wildman–Crippen LogP) is 1.59. The third kappa shape index (κ3) is 3.17. The maximum Gasteiger partial charge on any atom is 0.240 e. The molecule has 1 atom stereocenters. The summed E-state index contributed by atoms with van der Waals surface area (Å²) < 4.78 is 5.43. The second kappa shape index (κ2) is 7.09. The maximum atomic E-state index is 11.9. The lowest BCUT2D eigenvalue weighted by molar-refractivity contribution is -0.119. The first-order chi connectivity index (χ1) is 12.5. The second-order valence-electron chi connectivity index (χ2n) is 7.07. The first-order valence-electron chi connectivity index (χ1n) is 9.17. The van der Waals surface area contributed by atoms with Crippen LogP contribution in [0.2, 0.25) is 0 Å². The number of ether oxygens (including phenoxy) is 1. The molecule has 0 saturated carbocycles. The molecule has 2 saturated heterocycles. The Labute approximate surface area is 157 Å². The molecule has 0 aliphatic carbocycles. The van der Waals surface area contributed by atoms with Crippen LogP contribution in [-0.4, -0.2) is 59.7 Å². The number of anilines is 1. The number of nitrogens with two attached hydrogens (primary N) is 1. The number of rotatable bonds is 4. The zero-order valence-corrected chi connectivity index (χ0v) is 16.1. The van der Waals surface area contributed by atoms with E-state index in [1.165, 1.54) is 10.4 Å². The zero-order valence-electron chi connectivity index (χ0n) is 15.3. The maximum absolute atomic E-state index is 11.9. The standard InChI is InChI=1S/C18H25N5O2S/c1-11-12(2)26-18-15(11)17(23-5-3-4-13(23)16(19)24)20-14(21-18)10-22-6-8-25-9-7-22/h13H,3-10H2,1-2H3,(H2,19,24). The van der Waals surface area contributed by atoms with Crippen molar-refractivity contribution in [3.05, 3.63) is 16.3 Å². The first kappa shape index (κ1) is 17.6. The van der Waals surface area contributed by atoms with E-state index in [-0.39, 0.29) is 11.9 Å². The summed E-state index contributed by atoms with van der Waals surface area (Å²) in [5.41, 5.74) is 6.86. The monoisotopic (exact) mass is 375 g/mol. The molecule has 2 aliphatic rings. The lowest BCUT2D eigenvalue weighted by Crippen LogP contribution is -2.41. The number of hydrogen-bond acceptors (Lipinski definition) is 7. The topological polar surface area (TPSA) is 84.6 Å². The molecule has 0 spiro atoms. The van der Waals surface area contributed by atoms with Gasteiger partial charge in [0.1, 0.15) is 22.5 Å². The van der Waals surface area contributed by atoms with Gasteiger partial charge in [0.25, 0.3) is 0 Å². The SMILES string of the molecule is Cc1sc2nc(CN3CCOCC3)nc(N3CCCC3C(N)=O)c2c1C. The van der Waals surface area contributed by atoms with Gasteiger partial charge in [0.15, 0.2) is 0 Å². The van der Waals surface area contributed by atoms with Crippen LogP contribution in [0, 0.1) is 13.8 Å². The average molecular weight is 375 g/mol. The van der Waals surface area contributed by atoms with Crippen molar-refractivity contribution in [1.82, 2.24) is 14.9 Å². The minimum absolute atomic E-state index is 0.270. The summed E-state index contributed by atoms with van der Waals surface area (Å²) in [5, 5.41) is 1.08. The normalized spacial score (nSPS) is 21.6. The third-order valence-electron chi connectivity index (χ3n) is 5.38. The molecule has 8 heteroatoms. The molecule has 0 radical (unpaired) electrons. The van der Waals surface area contributed by atoms with Gasteiger partial charge in [0, 0.05) is 24.5 Å². The van der Waals surface area contributed by atoms with Gasteiger partial charge >= 0.3 is 0 Å². The van der Waals surface area contributed by atoms with E-state index in [9.17, 15) is 4.79 Å². The molecule has 4 rings (SSSR count). The Morgan fingerprint density at radius 3 is 2.77 bits per heavy atom. The first-order valence-corrected chi connectivity index (χ1v) is 9.99. The molecule has 1 amide bonds. The molecule has 7 nitrogen and oxygen atoms in total. The minimum atomic E-state index is -0.274. The minimum Gasteiger partial charge on any atom is -0.379 e. The summed E-state index contributed by atoms with van der Waals surface area (Å²) in [4.78, 5) is 28.3. The highest BCUT2D eigenvalue weighted by Gasteiger charge is 2.32. The van der Waals surface area contributed by atoms with Crippen molar-refractivity contribution < 1.29 is 9.53 Å². The third-order valence-corrected chi connectivity index (χ3v) is 6.48. The number of morpholine rings is 1. The van der Waals surface area contributed by atoms with Gasteiger partial charge in [-0.3, -0.25) is 9.69 Å². The summed E-state index contributed by atoms with van der Waals surface area (Å²) in [6.07, 6.45) is 1.75. The van der Waals surface area contributed by atoms with Crippen molar-refractivity contribution in [3.8, 4) is 0 Å². The summed E-state index contributed by atoms with van der Waals surface area (Å²) in [7, 11) is 0. The van der Waals surface area contributed by atoms with Gasteiger partial charge in [-0.2, -0.15) is 0 Å². The molecule has 0 bridgehead atoms. The van der Waals surface area contributed by atoms with Crippen molar-refractivity contribution in [3.63, 3.8) is 0 Å². The Morgan fingerprint density at radius 1 is 1.27 bits per heavy atom. The number of nitrogens with zero attached hydrogens (tertiary/aromatic N) is 4. The Morgan fingerprint density at radius 2 is 2.04 bits per heavy atom. The lowest BCUT2D eigenvalue weighted by Gasteiger charge is -2.27. The van der Waals surface area contributed by atoms with Gasteiger partial charge in [-0.1, -0.05) is 0 Å². The van der Waals surface area contributed by atoms with Crippen LogP contribution >= 0.6 is 11.3 Å². The van der Waals surface area contributed by atoms with Gasteiger partial charge in [0.05, 0.1) is 25.1 Å². The summed E-state index contributed by atoms with van der Waals surface area (Å²) in [6.45, 7) is 9.03. The van der Waals surface area contributed by atoms with E-state index in [1.807, 2.05) is 0 Å². The number of carbonyl (C=O) groups is 1. The molecule has 26 heavy (non-hydrogen) atoms. The molecule has 2 fully saturated rings. The van der Waals surface area contributed by atoms with Crippen LogP contribution in [-0.2, 0) is 16.1 Å². The fourth-order valence-corrected chi connectivity index (χ4v) is 4.87. The van der Waals surface area contributed by atoms with E-state index in [0.717, 1.165) is 67.5 Å². The molecule has 1 unspecified atom stereocenters. The van der Waals surface area contributed by atoms with Crippen LogP contribution in [0.3, 0.4) is 0 Å². The molecule has 0 aromatic carbocycles. The van der Waals surface area contributed by atoms with Crippen molar-refractivity contribution in [1.29, 1.82) is 0 Å². The second-order valence-corrected chi connectivity index (χ2v) is 8.27. The largest absolute Gasteiger partial charge is 0.379 e. The summed E-state index contributed by atoms with van der Waals surface area (Å²) in [6, 6.07) is -0.274. The smallest absolute Gasteiger partial charge is 0.240 e. The molecule has 140 valence electrons. The fourth-order valence-electron chi connectivity index (χ4n) is 3.83. The number of amides is 1. The number of aromatic nitrogens is 2. The molecule has 2 aromatic heterocycles. The van der Waals surface area contributed by atoms with Gasteiger partial charge in [-0.25, -0.2) is 9.97 Å². The number of fused-ring (bicyclic) bond motifs is 1. The molecule has 2 N–H and O–H groups in total. The number of carbonyl (C=O) groups excluding carboxylic acids is 1. The average Bonchev–Trinajstić information content (AvgIpc) is 3.21. The van der Waals surface area contributed by atoms with Gasteiger partial charge in [0.2, 0.25) is 5.91 Å². The van der Waals surface area contributed by atoms with Crippen molar-refractivity contribution >= 4 is 33.3 Å². The number of hydrogen-bond donors (Lipinski definition) is 1. The number of aryl methyl sites for hydroxylation is 2. The van der Waals surface area contributed by atoms with E-state index in [4.69, 9.17) is 20.4 Å². The molecular formula is C18H25N5O2S. The van der Waals surface area contributed by atoms with Crippen LogP contribution < -0.4 is 10.6 Å². The molecular weight excluding hydrogens is 350 g/mol. The summed E-state index contributed by atoms with van der Waals surface area (Å²) in [5.74, 6) is 1.42. The van der Waals surface area contributed by atoms with E-state index in [2.05, 4.69) is 23.6 Å². The van der Waals surface area contributed by atoms with Crippen LogP contribution in [0.4, 0.5) is 5.82 Å². The van der Waals surface area contributed by atoms with Gasteiger partial charge in [-0.15, -0.1) is 11.3 Å². The van der Waals surface area contributed by atoms with E-state index >= 15 is 0 Å². The quantitative estimate of drug-likeness (QED) is 0.874. The van der Waals surface area contributed by atoms with Gasteiger partial charge < -0.3 is 15.4 Å². The van der Waals surface area contributed by atoms with E-state index in [0.29, 0.717) is 6.54 Å². The predicted molar refractivity (Wildman–Crippen MR) is 103 cm³/mol. The van der Waals surface area contributed by atoms with Crippen molar-refractivity contribution in [2.24, 2.45) is 5.73 Å². The Kier molecular flexibility index (Phi) is 4.81. The van der Waals surface area contributed by atoms with E-state index in [1.54, 1.807) is 11.3 Å². The van der Waals surface area contributed by atoms with Crippen LogP contribution in [0.15, 0.2) is 0 Å². The lowest BCUT2D eigenvalue weighted by atomic mass is 10.1. The van der Waals surface area contributed by atoms with Crippen molar-refractivity contribution in [2.45, 2.75) is 39.3 Å². The zero-order chi connectivity index (χ0) is 18.3. The molecule has 2 aliphatic heterocycles. The van der Waals surface area contributed by atoms with Gasteiger partial charge in [-0.05, 0) is 32.3 Å². The molecule has 2 aromatic rings. The van der Waals surface area contributed by atoms with Crippen LogP contribution in [0.1, 0.15) is 29.1 Å². The van der Waals surface area contributed by atoms with E-state index < -0.39 is 0 Å².